The fraction of sp³-hybridized carbons (Fsp3) is 0.750. The number of aromatic nitrogens is 1. The Kier molecular flexibility index (Phi) is 3.95. The lowest BCUT2D eigenvalue weighted by Gasteiger charge is -2.17. The molecule has 0 radical (unpaired) electrons. The molecule has 2 rings (SSSR count). The van der Waals surface area contributed by atoms with E-state index in [1.165, 1.54) is 34.8 Å². The summed E-state index contributed by atoms with van der Waals surface area (Å²) in [7, 11) is 1.74. The Labute approximate surface area is 101 Å². The highest BCUT2D eigenvalue weighted by Gasteiger charge is 2.20. The Hall–Kier alpha value is -0.450. The van der Waals surface area contributed by atoms with Crippen LogP contribution < -0.4 is 5.32 Å². The lowest BCUT2D eigenvalue weighted by atomic mass is 10.3. The third-order valence-corrected chi connectivity index (χ3v) is 4.27. The molecule has 0 saturated carbocycles. The number of thiazole rings is 1. The molecule has 4 heteroatoms. The first-order valence-electron chi connectivity index (χ1n) is 5.94. The Morgan fingerprint density at radius 3 is 2.94 bits per heavy atom. The molecule has 1 aliphatic carbocycles. The smallest absolute Gasteiger partial charge is 0.110 e. The maximum Gasteiger partial charge on any atom is 0.110 e. The largest absolute Gasteiger partial charge is 0.383 e. The molecule has 1 aromatic heterocycles. The zero-order chi connectivity index (χ0) is 11.5. The second-order valence-corrected chi connectivity index (χ2v) is 5.64. The summed E-state index contributed by atoms with van der Waals surface area (Å²) in [4.78, 5) is 6.22. The maximum atomic E-state index is 5.12. The van der Waals surface area contributed by atoms with Gasteiger partial charge in [-0.2, -0.15) is 0 Å². The van der Waals surface area contributed by atoms with Gasteiger partial charge in [0.2, 0.25) is 0 Å². The van der Waals surface area contributed by atoms with Gasteiger partial charge in [-0.25, -0.2) is 4.98 Å². The van der Waals surface area contributed by atoms with E-state index < -0.39 is 0 Å². The lowest BCUT2D eigenvalue weighted by Crippen LogP contribution is -2.32. The van der Waals surface area contributed by atoms with Crippen molar-refractivity contribution in [3.63, 3.8) is 0 Å². The van der Waals surface area contributed by atoms with Crippen LogP contribution in [0.3, 0.4) is 0 Å². The molecule has 2 atom stereocenters. The van der Waals surface area contributed by atoms with Crippen LogP contribution >= 0.6 is 11.3 Å². The Bertz CT molecular complexity index is 329. The van der Waals surface area contributed by atoms with E-state index in [4.69, 9.17) is 9.72 Å². The van der Waals surface area contributed by atoms with E-state index in [-0.39, 0.29) is 0 Å². The van der Waals surface area contributed by atoms with Crippen LogP contribution in [0.5, 0.6) is 0 Å². The van der Waals surface area contributed by atoms with Crippen molar-refractivity contribution in [1.29, 1.82) is 0 Å². The summed E-state index contributed by atoms with van der Waals surface area (Å²) in [5.41, 5.74) is 1.34. The van der Waals surface area contributed by atoms with E-state index >= 15 is 0 Å². The van der Waals surface area contributed by atoms with Gasteiger partial charge in [-0.1, -0.05) is 0 Å². The zero-order valence-corrected chi connectivity index (χ0v) is 11.1. The van der Waals surface area contributed by atoms with Gasteiger partial charge in [0.25, 0.3) is 0 Å². The molecule has 1 aromatic rings. The number of nitrogens with zero attached hydrogens (tertiary/aromatic N) is 1. The van der Waals surface area contributed by atoms with Crippen molar-refractivity contribution >= 4 is 11.3 Å². The normalized spacial score (nSPS) is 18.4. The van der Waals surface area contributed by atoms with Crippen LogP contribution in [0.1, 0.15) is 41.9 Å². The van der Waals surface area contributed by atoms with Crippen molar-refractivity contribution in [3.8, 4) is 0 Å². The SMILES string of the molecule is COCC(C)NC(C)c1nc2c(s1)CCC2. The lowest BCUT2D eigenvalue weighted by molar-refractivity contribution is 0.167. The van der Waals surface area contributed by atoms with Crippen LogP contribution in [0.25, 0.3) is 0 Å². The third kappa shape index (κ3) is 2.62. The number of aryl methyl sites for hydroxylation is 2. The molecule has 3 nitrogen and oxygen atoms in total. The van der Waals surface area contributed by atoms with Gasteiger partial charge >= 0.3 is 0 Å². The first kappa shape index (κ1) is 12.0. The summed E-state index contributed by atoms with van der Waals surface area (Å²) in [5.74, 6) is 0. The number of hydrogen-bond donors (Lipinski definition) is 1. The van der Waals surface area contributed by atoms with Crippen molar-refractivity contribution < 1.29 is 4.74 Å². The topological polar surface area (TPSA) is 34.1 Å². The van der Waals surface area contributed by atoms with E-state index in [9.17, 15) is 0 Å². The van der Waals surface area contributed by atoms with E-state index in [1.54, 1.807) is 7.11 Å². The van der Waals surface area contributed by atoms with Gasteiger partial charge in [-0.3, -0.25) is 0 Å². The average molecular weight is 240 g/mol. The van der Waals surface area contributed by atoms with E-state index in [0.717, 1.165) is 6.61 Å². The number of rotatable bonds is 5. The van der Waals surface area contributed by atoms with Gasteiger partial charge in [-0.05, 0) is 33.1 Å². The Morgan fingerprint density at radius 1 is 1.44 bits per heavy atom. The summed E-state index contributed by atoms with van der Waals surface area (Å²) in [6.45, 7) is 5.07. The van der Waals surface area contributed by atoms with Crippen LogP contribution in [-0.4, -0.2) is 24.7 Å². The van der Waals surface area contributed by atoms with Crippen molar-refractivity contribution in [3.05, 3.63) is 15.6 Å². The minimum atomic E-state index is 0.334. The molecule has 90 valence electrons. The van der Waals surface area contributed by atoms with Gasteiger partial charge in [0.05, 0.1) is 18.3 Å². The number of nitrogens with one attached hydrogen (secondary N) is 1. The molecule has 0 fully saturated rings. The first-order chi connectivity index (χ1) is 7.70. The molecule has 1 heterocycles. The molecule has 1 N–H and O–H groups in total. The van der Waals surface area contributed by atoms with Crippen LogP contribution in [-0.2, 0) is 17.6 Å². The third-order valence-electron chi connectivity index (χ3n) is 2.93. The van der Waals surface area contributed by atoms with Crippen LogP contribution in [0, 0.1) is 0 Å². The molecule has 0 aromatic carbocycles. The summed E-state index contributed by atoms with van der Waals surface area (Å²) < 4.78 is 5.12. The molecule has 1 aliphatic rings. The average Bonchev–Trinajstić information content (AvgIpc) is 2.76. The molecule has 0 aliphatic heterocycles. The highest BCUT2D eigenvalue weighted by Crippen LogP contribution is 2.30. The van der Waals surface area contributed by atoms with E-state index in [0.29, 0.717) is 12.1 Å². The molecule has 0 amide bonds. The van der Waals surface area contributed by atoms with Crippen molar-refractivity contribution in [2.24, 2.45) is 0 Å². The van der Waals surface area contributed by atoms with Gasteiger partial charge in [-0.15, -0.1) is 11.3 Å². The van der Waals surface area contributed by atoms with Crippen molar-refractivity contribution in [2.75, 3.05) is 13.7 Å². The van der Waals surface area contributed by atoms with E-state index in [1.807, 2.05) is 11.3 Å². The number of hydrogen-bond acceptors (Lipinski definition) is 4. The minimum absolute atomic E-state index is 0.334. The number of methoxy groups -OCH3 is 1. The predicted octanol–water partition coefficient (Wildman–Crippen LogP) is 2.32. The van der Waals surface area contributed by atoms with Crippen LogP contribution in [0.2, 0.25) is 0 Å². The number of fused-ring (bicyclic) bond motifs is 1. The molecular formula is C12H20N2OS. The van der Waals surface area contributed by atoms with Crippen LogP contribution in [0.4, 0.5) is 0 Å². The summed E-state index contributed by atoms with van der Waals surface area (Å²) in [5, 5.41) is 4.74. The van der Waals surface area contributed by atoms with Gasteiger partial charge in [0.15, 0.2) is 0 Å². The highest BCUT2D eigenvalue weighted by molar-refractivity contribution is 7.11. The molecule has 0 spiro atoms. The maximum absolute atomic E-state index is 5.12. The second-order valence-electron chi connectivity index (χ2n) is 4.52. The molecule has 16 heavy (non-hydrogen) atoms. The van der Waals surface area contributed by atoms with Gasteiger partial charge < -0.3 is 10.1 Å². The quantitative estimate of drug-likeness (QED) is 0.857. The summed E-state index contributed by atoms with van der Waals surface area (Å²) in [6.07, 6.45) is 3.69. The molecule has 0 saturated heterocycles. The Balaban J connectivity index is 1.95. The minimum Gasteiger partial charge on any atom is -0.383 e. The molecule has 0 bridgehead atoms. The zero-order valence-electron chi connectivity index (χ0n) is 10.2. The van der Waals surface area contributed by atoms with Gasteiger partial charge in [0, 0.05) is 18.0 Å². The number of ether oxygens (including phenoxy) is 1. The highest BCUT2D eigenvalue weighted by atomic mass is 32.1. The Morgan fingerprint density at radius 2 is 2.25 bits per heavy atom. The van der Waals surface area contributed by atoms with Crippen molar-refractivity contribution in [2.45, 2.75) is 45.2 Å². The molecule has 2 unspecified atom stereocenters. The molecular weight excluding hydrogens is 220 g/mol. The summed E-state index contributed by atoms with van der Waals surface area (Å²) in [6, 6.07) is 0.708. The van der Waals surface area contributed by atoms with Crippen LogP contribution in [0.15, 0.2) is 0 Å². The predicted molar refractivity (Wildman–Crippen MR) is 67.0 cm³/mol. The monoisotopic (exact) mass is 240 g/mol. The standard InChI is InChI=1S/C12H20N2OS/c1-8(7-15-3)13-9(2)12-14-10-5-4-6-11(10)16-12/h8-9,13H,4-7H2,1-3H3. The van der Waals surface area contributed by atoms with Crippen molar-refractivity contribution in [1.82, 2.24) is 10.3 Å². The van der Waals surface area contributed by atoms with E-state index in [2.05, 4.69) is 19.2 Å². The summed E-state index contributed by atoms with van der Waals surface area (Å²) >= 11 is 1.88. The fourth-order valence-electron chi connectivity index (χ4n) is 2.19. The fourth-order valence-corrected chi connectivity index (χ4v) is 3.36. The first-order valence-corrected chi connectivity index (χ1v) is 6.75. The second kappa shape index (κ2) is 5.25. The van der Waals surface area contributed by atoms with Gasteiger partial charge in [0.1, 0.15) is 5.01 Å².